The van der Waals surface area contributed by atoms with Crippen molar-refractivity contribution < 1.29 is 23.8 Å². The van der Waals surface area contributed by atoms with E-state index in [0.29, 0.717) is 31.9 Å². The van der Waals surface area contributed by atoms with Crippen LogP contribution < -0.4 is 14.8 Å². The predicted octanol–water partition coefficient (Wildman–Crippen LogP) is 3.28. The average molecular weight is 410 g/mol. The Labute approximate surface area is 166 Å². The maximum Gasteiger partial charge on any atom is 0.340 e. The number of halogens is 2. The van der Waals surface area contributed by atoms with Crippen LogP contribution in [0.1, 0.15) is 15.9 Å². The zero-order valence-corrected chi connectivity index (χ0v) is 15.8. The lowest BCUT2D eigenvalue weighted by Crippen LogP contribution is -2.30. The molecular weight excluding hydrogens is 393 g/mol. The van der Waals surface area contributed by atoms with E-state index in [1.165, 1.54) is 6.07 Å². The molecule has 0 saturated carbocycles. The molecular formula is C19H17Cl2NO5. The molecule has 1 aliphatic heterocycles. The molecule has 1 amide bonds. The number of hydrogen-bond acceptors (Lipinski definition) is 5. The van der Waals surface area contributed by atoms with Crippen LogP contribution in [0, 0.1) is 0 Å². The van der Waals surface area contributed by atoms with Crippen molar-refractivity contribution in [2.45, 2.75) is 6.42 Å². The number of nitrogens with one attached hydrogen (secondary N) is 1. The second kappa shape index (κ2) is 8.97. The predicted molar refractivity (Wildman–Crippen MR) is 101 cm³/mol. The molecule has 1 N–H and O–H groups in total. The van der Waals surface area contributed by atoms with Crippen molar-refractivity contribution in [1.82, 2.24) is 5.32 Å². The van der Waals surface area contributed by atoms with Gasteiger partial charge in [-0.25, -0.2) is 4.79 Å². The molecule has 142 valence electrons. The van der Waals surface area contributed by atoms with Gasteiger partial charge in [0.1, 0.15) is 13.2 Å². The molecule has 2 aromatic rings. The third kappa shape index (κ3) is 5.05. The maximum absolute atomic E-state index is 12.0. The monoisotopic (exact) mass is 409 g/mol. The summed E-state index contributed by atoms with van der Waals surface area (Å²) in [5.41, 5.74) is 1.12. The van der Waals surface area contributed by atoms with Crippen LogP contribution in [-0.2, 0) is 16.0 Å². The summed E-state index contributed by atoms with van der Waals surface area (Å²) in [4.78, 5) is 23.8. The Kier molecular flexibility index (Phi) is 6.42. The third-order valence-electron chi connectivity index (χ3n) is 3.85. The van der Waals surface area contributed by atoms with E-state index in [-0.39, 0.29) is 15.6 Å². The standard InChI is InChI=1S/C19H17Cl2NO5/c20-14-3-1-2-13(18(14)21)19(24)27-11-17(23)22-7-6-12-4-5-15-16(10-12)26-9-8-25-15/h1-5,10H,6-9,11H2,(H,22,23). The first-order chi connectivity index (χ1) is 13.0. The number of hydrogen-bond donors (Lipinski definition) is 1. The summed E-state index contributed by atoms with van der Waals surface area (Å²) >= 11 is 11.8. The van der Waals surface area contributed by atoms with Gasteiger partial charge in [-0.3, -0.25) is 4.79 Å². The molecule has 3 rings (SSSR count). The van der Waals surface area contributed by atoms with E-state index in [0.717, 1.165) is 11.3 Å². The minimum Gasteiger partial charge on any atom is -0.486 e. The van der Waals surface area contributed by atoms with Crippen molar-refractivity contribution >= 4 is 35.1 Å². The van der Waals surface area contributed by atoms with Crippen LogP contribution in [0.4, 0.5) is 0 Å². The molecule has 0 spiro atoms. The zero-order valence-electron chi connectivity index (χ0n) is 14.3. The third-order valence-corrected chi connectivity index (χ3v) is 4.67. The van der Waals surface area contributed by atoms with Crippen LogP contribution in [-0.4, -0.2) is 38.2 Å². The number of rotatable bonds is 6. The molecule has 1 heterocycles. The number of ether oxygens (including phenoxy) is 3. The number of carbonyl (C=O) groups is 2. The topological polar surface area (TPSA) is 73.9 Å². The van der Waals surface area contributed by atoms with Crippen LogP contribution in [0.5, 0.6) is 11.5 Å². The Hall–Kier alpha value is -2.44. The van der Waals surface area contributed by atoms with Crippen LogP contribution in [0.3, 0.4) is 0 Å². The SMILES string of the molecule is O=C(COC(=O)c1cccc(Cl)c1Cl)NCCc1ccc2c(c1)OCCO2. The summed E-state index contributed by atoms with van der Waals surface area (Å²) in [5, 5.41) is 3.04. The fourth-order valence-corrected chi connectivity index (χ4v) is 2.89. The molecule has 0 saturated heterocycles. The molecule has 0 atom stereocenters. The highest BCUT2D eigenvalue weighted by Gasteiger charge is 2.15. The van der Waals surface area contributed by atoms with Crippen molar-refractivity contribution in [3.8, 4) is 11.5 Å². The smallest absolute Gasteiger partial charge is 0.340 e. The lowest BCUT2D eigenvalue weighted by atomic mass is 10.1. The van der Waals surface area contributed by atoms with Gasteiger partial charge in [0, 0.05) is 6.54 Å². The van der Waals surface area contributed by atoms with Gasteiger partial charge in [0.25, 0.3) is 5.91 Å². The molecule has 8 heteroatoms. The molecule has 2 aromatic carbocycles. The van der Waals surface area contributed by atoms with Gasteiger partial charge < -0.3 is 19.5 Å². The van der Waals surface area contributed by atoms with Crippen LogP contribution in [0.2, 0.25) is 10.0 Å². The minimum atomic E-state index is -0.704. The summed E-state index contributed by atoms with van der Waals surface area (Å²) in [6.45, 7) is 1.06. The van der Waals surface area contributed by atoms with Crippen LogP contribution in [0.25, 0.3) is 0 Å². The largest absolute Gasteiger partial charge is 0.486 e. The van der Waals surface area contributed by atoms with Gasteiger partial charge in [0.2, 0.25) is 0 Å². The number of carbonyl (C=O) groups excluding carboxylic acids is 2. The Morgan fingerprint density at radius 1 is 1.07 bits per heavy atom. The van der Waals surface area contributed by atoms with E-state index in [9.17, 15) is 9.59 Å². The second-order valence-electron chi connectivity index (χ2n) is 5.76. The lowest BCUT2D eigenvalue weighted by molar-refractivity contribution is -0.124. The Morgan fingerprint density at radius 3 is 2.67 bits per heavy atom. The summed E-state index contributed by atoms with van der Waals surface area (Å²) in [6.07, 6.45) is 0.608. The van der Waals surface area contributed by atoms with Crippen molar-refractivity contribution in [1.29, 1.82) is 0 Å². The Balaban J connectivity index is 1.43. The quantitative estimate of drug-likeness (QED) is 0.740. The van der Waals surface area contributed by atoms with E-state index in [4.69, 9.17) is 37.4 Å². The van der Waals surface area contributed by atoms with Gasteiger partial charge in [0.15, 0.2) is 18.1 Å². The van der Waals surface area contributed by atoms with Gasteiger partial charge in [-0.15, -0.1) is 0 Å². The van der Waals surface area contributed by atoms with Crippen molar-refractivity contribution in [2.24, 2.45) is 0 Å². The number of amides is 1. The zero-order chi connectivity index (χ0) is 19.2. The molecule has 0 aliphatic carbocycles. The normalized spacial score (nSPS) is 12.4. The van der Waals surface area contributed by atoms with Crippen molar-refractivity contribution in [3.05, 3.63) is 57.6 Å². The fraction of sp³-hybridized carbons (Fsp3) is 0.263. The van der Waals surface area contributed by atoms with E-state index >= 15 is 0 Å². The van der Waals surface area contributed by atoms with Crippen molar-refractivity contribution in [3.63, 3.8) is 0 Å². The Bertz CT molecular complexity index is 856. The highest BCUT2D eigenvalue weighted by molar-refractivity contribution is 6.43. The minimum absolute atomic E-state index is 0.100. The molecule has 27 heavy (non-hydrogen) atoms. The van der Waals surface area contributed by atoms with E-state index in [2.05, 4.69) is 5.32 Å². The average Bonchev–Trinajstić information content (AvgIpc) is 2.68. The first-order valence-corrected chi connectivity index (χ1v) is 9.06. The highest BCUT2D eigenvalue weighted by Crippen LogP contribution is 2.30. The molecule has 0 aromatic heterocycles. The van der Waals surface area contributed by atoms with Gasteiger partial charge in [-0.1, -0.05) is 35.3 Å². The molecule has 0 radical (unpaired) electrons. The summed E-state index contributed by atoms with van der Waals surface area (Å²) in [6, 6.07) is 10.3. The first kappa shape index (κ1) is 19.3. The summed E-state index contributed by atoms with van der Waals surface area (Å²) in [7, 11) is 0. The maximum atomic E-state index is 12.0. The number of fused-ring (bicyclic) bond motifs is 1. The van der Waals surface area contributed by atoms with E-state index < -0.39 is 18.5 Å². The van der Waals surface area contributed by atoms with Gasteiger partial charge in [0.05, 0.1) is 15.6 Å². The van der Waals surface area contributed by atoms with Crippen molar-refractivity contribution in [2.75, 3.05) is 26.4 Å². The van der Waals surface area contributed by atoms with Gasteiger partial charge in [-0.05, 0) is 36.2 Å². The summed E-state index contributed by atoms with van der Waals surface area (Å²) < 4.78 is 16.0. The number of esters is 1. The molecule has 0 fully saturated rings. The lowest BCUT2D eigenvalue weighted by Gasteiger charge is -2.18. The Morgan fingerprint density at radius 2 is 1.85 bits per heavy atom. The van der Waals surface area contributed by atoms with E-state index in [1.54, 1.807) is 12.1 Å². The van der Waals surface area contributed by atoms with Gasteiger partial charge >= 0.3 is 5.97 Å². The molecule has 1 aliphatic rings. The summed E-state index contributed by atoms with van der Waals surface area (Å²) in [5.74, 6) is 0.321. The molecule has 6 nitrogen and oxygen atoms in total. The van der Waals surface area contributed by atoms with E-state index in [1.807, 2.05) is 18.2 Å². The van der Waals surface area contributed by atoms with Gasteiger partial charge in [-0.2, -0.15) is 0 Å². The van der Waals surface area contributed by atoms with Crippen LogP contribution >= 0.6 is 23.2 Å². The molecule has 0 unspecified atom stereocenters. The first-order valence-electron chi connectivity index (χ1n) is 8.31. The number of benzene rings is 2. The van der Waals surface area contributed by atoms with Crippen LogP contribution in [0.15, 0.2) is 36.4 Å². The second-order valence-corrected chi connectivity index (χ2v) is 6.54. The highest BCUT2D eigenvalue weighted by atomic mass is 35.5. The molecule has 0 bridgehead atoms. The fourth-order valence-electron chi connectivity index (χ4n) is 2.51.